The summed E-state index contributed by atoms with van der Waals surface area (Å²) in [4.78, 5) is 4.77. The number of benzene rings is 1. The average molecular weight is 451 g/mol. The zero-order valence-electron chi connectivity index (χ0n) is 18.1. The molecule has 1 aliphatic rings. The van der Waals surface area contributed by atoms with Crippen molar-refractivity contribution < 1.29 is 8.94 Å². The smallest absolute Gasteiger partial charge is 0.199 e. The van der Waals surface area contributed by atoms with Crippen LogP contribution in [0, 0.1) is 11.7 Å². The van der Waals surface area contributed by atoms with Crippen LogP contribution < -0.4 is 0 Å². The molecule has 166 valence electrons. The highest BCUT2D eigenvalue weighted by molar-refractivity contribution is 7.71. The monoisotopic (exact) mass is 450 g/mol. The Balaban J connectivity index is 1.30. The number of hydrogen-bond acceptors (Lipinski definition) is 7. The van der Waals surface area contributed by atoms with Gasteiger partial charge in [0.15, 0.2) is 22.1 Å². The molecule has 0 unspecified atom stereocenters. The van der Waals surface area contributed by atoms with Crippen LogP contribution >= 0.6 is 12.2 Å². The number of rotatable bonds is 7. The molecule has 0 aliphatic carbocycles. The predicted octanol–water partition coefficient (Wildman–Crippen LogP) is 3.79. The maximum atomic E-state index is 5.83. The van der Waals surface area contributed by atoms with Gasteiger partial charge in [0.25, 0.3) is 0 Å². The van der Waals surface area contributed by atoms with Crippen molar-refractivity contribution in [2.75, 3.05) is 26.2 Å². The molecule has 32 heavy (non-hydrogen) atoms. The zero-order chi connectivity index (χ0) is 21.9. The van der Waals surface area contributed by atoms with Gasteiger partial charge in [-0.15, -0.1) is 5.10 Å². The Bertz CT molecular complexity index is 1200. The van der Waals surface area contributed by atoms with Gasteiger partial charge in [-0.05, 0) is 36.8 Å². The summed E-state index contributed by atoms with van der Waals surface area (Å²) in [5, 5.41) is 8.81. The van der Waals surface area contributed by atoms with Gasteiger partial charge >= 0.3 is 0 Å². The fraction of sp³-hybridized carbons (Fsp3) is 0.348. The van der Waals surface area contributed by atoms with Crippen LogP contribution in [0.15, 0.2) is 63.7 Å². The van der Waals surface area contributed by atoms with Gasteiger partial charge < -0.3 is 8.94 Å². The molecule has 4 aromatic rings. The minimum atomic E-state index is 0.653. The molecule has 9 heteroatoms. The summed E-state index contributed by atoms with van der Waals surface area (Å²) in [6.45, 7) is 7.85. The van der Waals surface area contributed by atoms with Crippen molar-refractivity contribution >= 4 is 12.2 Å². The second kappa shape index (κ2) is 9.23. The SMILES string of the molecule is Cc1cc(CN2CCN(Cn3nc(-c4ccco4)n(Cc4ccccc4)c3=S)CC2)on1. The minimum Gasteiger partial charge on any atom is -0.461 e. The molecule has 0 radical (unpaired) electrons. The van der Waals surface area contributed by atoms with Crippen LogP contribution in [0.3, 0.4) is 0 Å². The third-order valence-electron chi connectivity index (χ3n) is 5.70. The molecule has 0 amide bonds. The van der Waals surface area contributed by atoms with Crippen molar-refractivity contribution in [1.82, 2.24) is 29.3 Å². The molecule has 1 aromatic carbocycles. The highest BCUT2D eigenvalue weighted by Gasteiger charge is 2.21. The summed E-state index contributed by atoms with van der Waals surface area (Å²) < 4.78 is 15.7. The number of hydrogen-bond donors (Lipinski definition) is 0. The Kier molecular flexibility index (Phi) is 6.02. The number of aryl methyl sites for hydroxylation is 1. The van der Waals surface area contributed by atoms with Crippen LogP contribution in [0.5, 0.6) is 0 Å². The minimum absolute atomic E-state index is 0.653. The van der Waals surface area contributed by atoms with E-state index >= 15 is 0 Å². The lowest BCUT2D eigenvalue weighted by Crippen LogP contribution is -2.46. The maximum absolute atomic E-state index is 5.83. The van der Waals surface area contributed by atoms with Crippen LogP contribution in [0.25, 0.3) is 11.6 Å². The summed E-state index contributed by atoms with van der Waals surface area (Å²) in [5.41, 5.74) is 2.10. The molecule has 1 fully saturated rings. The van der Waals surface area contributed by atoms with Crippen LogP contribution in [-0.2, 0) is 19.8 Å². The second-order valence-corrected chi connectivity index (χ2v) is 8.49. The van der Waals surface area contributed by atoms with Crippen LogP contribution in [-0.4, -0.2) is 55.5 Å². The first-order valence-corrected chi connectivity index (χ1v) is 11.2. The molecule has 5 rings (SSSR count). The zero-order valence-corrected chi connectivity index (χ0v) is 18.9. The van der Waals surface area contributed by atoms with Gasteiger partial charge in [0.2, 0.25) is 0 Å². The van der Waals surface area contributed by atoms with Crippen molar-refractivity contribution in [3.63, 3.8) is 0 Å². The van der Waals surface area contributed by atoms with Crippen molar-refractivity contribution in [3.8, 4) is 11.6 Å². The first-order chi connectivity index (χ1) is 15.7. The van der Waals surface area contributed by atoms with Crippen LogP contribution in [0.1, 0.15) is 17.0 Å². The molecule has 0 spiro atoms. The van der Waals surface area contributed by atoms with Crippen LogP contribution in [0.2, 0.25) is 0 Å². The Morgan fingerprint density at radius 2 is 1.75 bits per heavy atom. The van der Waals surface area contributed by atoms with E-state index in [0.29, 0.717) is 18.0 Å². The van der Waals surface area contributed by atoms with E-state index in [1.165, 1.54) is 5.56 Å². The summed E-state index contributed by atoms with van der Waals surface area (Å²) >= 11 is 5.83. The molecule has 0 saturated carbocycles. The topological polar surface area (TPSA) is 68.4 Å². The van der Waals surface area contributed by atoms with E-state index < -0.39 is 0 Å². The van der Waals surface area contributed by atoms with E-state index in [9.17, 15) is 0 Å². The average Bonchev–Trinajstić information content (AvgIpc) is 3.54. The largest absolute Gasteiger partial charge is 0.461 e. The molecular weight excluding hydrogens is 424 g/mol. The number of aromatic nitrogens is 4. The molecule has 1 saturated heterocycles. The number of piperazine rings is 1. The van der Waals surface area contributed by atoms with E-state index in [4.69, 9.17) is 26.3 Å². The lowest BCUT2D eigenvalue weighted by atomic mass is 10.2. The van der Waals surface area contributed by atoms with Gasteiger partial charge in [-0.3, -0.25) is 14.4 Å². The van der Waals surface area contributed by atoms with Crippen LogP contribution in [0.4, 0.5) is 0 Å². The Labute approximate surface area is 191 Å². The normalized spacial score (nSPS) is 15.4. The van der Waals surface area contributed by atoms with E-state index in [0.717, 1.165) is 55.8 Å². The van der Waals surface area contributed by atoms with Gasteiger partial charge in [0.05, 0.1) is 31.7 Å². The molecule has 0 bridgehead atoms. The van der Waals surface area contributed by atoms with E-state index in [1.807, 2.05) is 52.6 Å². The Morgan fingerprint density at radius 1 is 0.969 bits per heavy atom. The van der Waals surface area contributed by atoms with Crippen molar-refractivity contribution in [3.05, 3.63) is 76.6 Å². The van der Waals surface area contributed by atoms with Gasteiger partial charge in [-0.1, -0.05) is 35.5 Å². The lowest BCUT2D eigenvalue weighted by Gasteiger charge is -2.33. The van der Waals surface area contributed by atoms with Gasteiger partial charge in [0.1, 0.15) is 0 Å². The fourth-order valence-corrected chi connectivity index (χ4v) is 4.27. The third kappa shape index (κ3) is 4.59. The molecule has 0 atom stereocenters. The van der Waals surface area contributed by atoms with Crippen molar-refractivity contribution in [2.45, 2.75) is 26.7 Å². The van der Waals surface area contributed by atoms with E-state index in [1.54, 1.807) is 6.26 Å². The highest BCUT2D eigenvalue weighted by Crippen LogP contribution is 2.21. The summed E-state index contributed by atoms with van der Waals surface area (Å²) in [6.07, 6.45) is 1.67. The van der Waals surface area contributed by atoms with Gasteiger partial charge in [0, 0.05) is 32.2 Å². The lowest BCUT2D eigenvalue weighted by molar-refractivity contribution is 0.0920. The van der Waals surface area contributed by atoms with E-state index in [-0.39, 0.29) is 0 Å². The molecule has 8 nitrogen and oxygen atoms in total. The summed E-state index contributed by atoms with van der Waals surface area (Å²) in [7, 11) is 0. The maximum Gasteiger partial charge on any atom is 0.199 e. The number of furan rings is 1. The Morgan fingerprint density at radius 3 is 2.44 bits per heavy atom. The highest BCUT2D eigenvalue weighted by atomic mass is 32.1. The van der Waals surface area contributed by atoms with Gasteiger partial charge in [-0.25, -0.2) is 4.68 Å². The molecule has 0 N–H and O–H groups in total. The summed E-state index contributed by atoms with van der Waals surface area (Å²) in [5.74, 6) is 2.39. The molecule has 1 aliphatic heterocycles. The summed E-state index contributed by atoms with van der Waals surface area (Å²) in [6, 6.07) is 16.1. The first kappa shape index (κ1) is 20.9. The predicted molar refractivity (Wildman–Crippen MR) is 122 cm³/mol. The first-order valence-electron chi connectivity index (χ1n) is 10.8. The molecule has 3 aromatic heterocycles. The third-order valence-corrected chi connectivity index (χ3v) is 6.13. The van der Waals surface area contributed by atoms with Crippen molar-refractivity contribution in [2.24, 2.45) is 0 Å². The quantitative estimate of drug-likeness (QED) is 0.397. The Hall–Kier alpha value is -3.01. The standard InChI is InChI=1S/C23H26N6O2S/c1-18-14-20(31-25-18)16-26-9-11-27(12-10-26)17-29-23(32)28(15-19-6-3-2-4-7-19)22(24-29)21-8-5-13-30-21/h2-8,13-14H,9-12,15-17H2,1H3. The molecule has 4 heterocycles. The second-order valence-electron chi connectivity index (χ2n) is 8.12. The molecular formula is C23H26N6O2S. The number of nitrogens with zero attached hydrogens (tertiary/aromatic N) is 6. The fourth-order valence-electron chi connectivity index (χ4n) is 4.02. The van der Waals surface area contributed by atoms with E-state index in [2.05, 4.69) is 27.1 Å². The van der Waals surface area contributed by atoms with Gasteiger partial charge in [-0.2, -0.15) is 0 Å². The van der Waals surface area contributed by atoms with Crippen molar-refractivity contribution in [1.29, 1.82) is 0 Å².